The van der Waals surface area contributed by atoms with Gasteiger partial charge in [0.1, 0.15) is 0 Å². The van der Waals surface area contributed by atoms with Crippen molar-refractivity contribution in [1.29, 1.82) is 0 Å². The number of hydrogen-bond acceptors (Lipinski definition) is 3. The van der Waals surface area contributed by atoms with Crippen LogP contribution in [0.1, 0.15) is 6.42 Å². The van der Waals surface area contributed by atoms with Crippen LogP contribution in [-0.2, 0) is 4.79 Å². The molecule has 1 amide bonds. The molecule has 1 saturated heterocycles. The van der Waals surface area contributed by atoms with Gasteiger partial charge in [0.2, 0.25) is 5.91 Å². The summed E-state index contributed by atoms with van der Waals surface area (Å²) in [6.07, 6.45) is 0.446. The first-order valence-corrected chi connectivity index (χ1v) is 5.75. The molecule has 17 heavy (non-hydrogen) atoms. The maximum Gasteiger partial charge on any atom is 0.227 e. The van der Waals surface area contributed by atoms with Crippen molar-refractivity contribution in [3.8, 4) is 0 Å². The van der Waals surface area contributed by atoms with E-state index in [9.17, 15) is 4.79 Å². The Kier molecular flexibility index (Phi) is 3.56. The Morgan fingerprint density at radius 1 is 1.47 bits per heavy atom. The van der Waals surface area contributed by atoms with Gasteiger partial charge in [-0.15, -0.1) is 12.6 Å². The fourth-order valence-electron chi connectivity index (χ4n) is 1.94. The third-order valence-corrected chi connectivity index (χ3v) is 3.07. The number of thiol groups is 1. The summed E-state index contributed by atoms with van der Waals surface area (Å²) < 4.78 is 0. The van der Waals surface area contributed by atoms with Crippen LogP contribution < -0.4 is 4.90 Å². The zero-order chi connectivity index (χ0) is 12.3. The summed E-state index contributed by atoms with van der Waals surface area (Å²) in [6, 6.07) is 7.45. The fourth-order valence-corrected chi connectivity index (χ4v) is 2.09. The van der Waals surface area contributed by atoms with Gasteiger partial charge in [-0.1, -0.05) is 5.11 Å². The zero-order valence-corrected chi connectivity index (χ0v) is 10.0. The molecule has 1 aliphatic rings. The van der Waals surface area contributed by atoms with Gasteiger partial charge in [0.15, 0.2) is 0 Å². The molecule has 1 atom stereocenters. The predicted molar refractivity (Wildman–Crippen MR) is 68.2 cm³/mol. The number of carbonyl (C=O) groups excluding carboxylic acids is 1. The molecule has 1 fully saturated rings. The third kappa shape index (κ3) is 2.72. The minimum atomic E-state index is 0.0788. The highest BCUT2D eigenvalue weighted by Crippen LogP contribution is 2.26. The Balaban J connectivity index is 2.10. The first-order chi connectivity index (χ1) is 8.20. The van der Waals surface area contributed by atoms with Gasteiger partial charge in [0.05, 0.1) is 0 Å². The molecule has 0 aliphatic carbocycles. The Labute approximate surface area is 104 Å². The first-order valence-electron chi connectivity index (χ1n) is 5.31. The summed E-state index contributed by atoms with van der Waals surface area (Å²) in [5, 5.41) is 3.52. The van der Waals surface area contributed by atoms with Crippen LogP contribution in [0, 0.1) is 5.92 Å². The van der Waals surface area contributed by atoms with Crippen molar-refractivity contribution in [1.82, 2.24) is 0 Å². The smallest absolute Gasteiger partial charge is 0.227 e. The van der Waals surface area contributed by atoms with Crippen LogP contribution in [0.3, 0.4) is 0 Å². The Morgan fingerprint density at radius 3 is 2.82 bits per heavy atom. The van der Waals surface area contributed by atoms with Crippen LogP contribution in [-0.4, -0.2) is 19.0 Å². The number of azide groups is 1. The van der Waals surface area contributed by atoms with E-state index in [1.54, 1.807) is 4.90 Å². The molecule has 0 radical (unpaired) electrons. The number of benzene rings is 1. The second-order valence-electron chi connectivity index (χ2n) is 4.00. The molecule has 1 aromatic carbocycles. The molecule has 1 unspecified atom stereocenters. The molecular weight excluding hydrogens is 236 g/mol. The van der Waals surface area contributed by atoms with Crippen molar-refractivity contribution in [3.05, 3.63) is 34.7 Å². The molecule has 5 nitrogen and oxygen atoms in total. The van der Waals surface area contributed by atoms with Crippen molar-refractivity contribution in [2.45, 2.75) is 11.3 Å². The number of hydrogen-bond donors (Lipinski definition) is 1. The van der Waals surface area contributed by atoms with Crippen molar-refractivity contribution >= 4 is 24.2 Å². The quantitative estimate of drug-likeness (QED) is 0.380. The van der Waals surface area contributed by atoms with Crippen LogP contribution >= 0.6 is 12.6 Å². The van der Waals surface area contributed by atoms with Gasteiger partial charge >= 0.3 is 0 Å². The molecule has 0 aromatic heterocycles. The molecule has 0 N–H and O–H groups in total. The van der Waals surface area contributed by atoms with Gasteiger partial charge in [-0.05, 0) is 35.7 Å². The van der Waals surface area contributed by atoms with E-state index < -0.39 is 0 Å². The number of anilines is 1. The second kappa shape index (κ2) is 5.12. The van der Waals surface area contributed by atoms with Gasteiger partial charge < -0.3 is 4.90 Å². The Hall–Kier alpha value is -1.65. The van der Waals surface area contributed by atoms with E-state index in [4.69, 9.17) is 5.53 Å². The monoisotopic (exact) mass is 248 g/mol. The van der Waals surface area contributed by atoms with Crippen LogP contribution in [0.5, 0.6) is 0 Å². The van der Waals surface area contributed by atoms with Crippen molar-refractivity contribution in [2.75, 3.05) is 18.0 Å². The second-order valence-corrected chi connectivity index (χ2v) is 4.52. The lowest BCUT2D eigenvalue weighted by atomic mass is 10.1. The highest BCUT2D eigenvalue weighted by molar-refractivity contribution is 7.80. The standard InChI is InChI=1S/C11H12N4OS/c12-14-13-6-8-5-11(16)15(7-8)9-1-3-10(17)4-2-9/h1-4,8,17H,5-7H2. The molecule has 2 rings (SSSR count). The first kappa shape index (κ1) is 11.8. The molecule has 0 saturated carbocycles. The van der Waals surface area contributed by atoms with Gasteiger partial charge in [-0.2, -0.15) is 0 Å². The Bertz CT molecular complexity index is 467. The summed E-state index contributed by atoms with van der Waals surface area (Å²) in [5.41, 5.74) is 9.13. The van der Waals surface area contributed by atoms with Crippen LogP contribution in [0.25, 0.3) is 10.4 Å². The molecule has 1 heterocycles. The predicted octanol–water partition coefficient (Wildman–Crippen LogP) is 2.64. The van der Waals surface area contributed by atoms with E-state index in [0.29, 0.717) is 19.5 Å². The molecule has 1 aliphatic heterocycles. The van der Waals surface area contributed by atoms with Gasteiger partial charge in [0, 0.05) is 35.0 Å². The molecule has 1 aromatic rings. The average molecular weight is 248 g/mol. The van der Waals surface area contributed by atoms with E-state index in [-0.39, 0.29) is 11.8 Å². The highest BCUT2D eigenvalue weighted by atomic mass is 32.1. The minimum Gasteiger partial charge on any atom is -0.312 e. The van der Waals surface area contributed by atoms with E-state index in [2.05, 4.69) is 22.7 Å². The van der Waals surface area contributed by atoms with Crippen molar-refractivity contribution < 1.29 is 4.79 Å². The SMILES string of the molecule is [N-]=[N+]=NCC1CC(=O)N(c2ccc(S)cc2)C1. The zero-order valence-electron chi connectivity index (χ0n) is 9.15. The van der Waals surface area contributed by atoms with Crippen LogP contribution in [0.2, 0.25) is 0 Å². The highest BCUT2D eigenvalue weighted by Gasteiger charge is 2.29. The number of nitrogens with zero attached hydrogens (tertiary/aromatic N) is 4. The topological polar surface area (TPSA) is 69.1 Å². The normalized spacial score (nSPS) is 19.2. The molecular formula is C11H12N4OS. The molecule has 0 bridgehead atoms. The van der Waals surface area contributed by atoms with E-state index in [1.807, 2.05) is 24.3 Å². The van der Waals surface area contributed by atoms with Crippen molar-refractivity contribution in [2.24, 2.45) is 11.0 Å². The fraction of sp³-hybridized carbons (Fsp3) is 0.364. The Morgan fingerprint density at radius 2 is 2.18 bits per heavy atom. The maximum atomic E-state index is 11.8. The third-order valence-electron chi connectivity index (χ3n) is 2.77. The van der Waals surface area contributed by atoms with Crippen LogP contribution in [0.4, 0.5) is 5.69 Å². The molecule has 0 spiro atoms. The summed E-state index contributed by atoms with van der Waals surface area (Å²) in [7, 11) is 0. The average Bonchev–Trinajstić information content (AvgIpc) is 2.69. The van der Waals surface area contributed by atoms with Gasteiger partial charge in [0.25, 0.3) is 0 Å². The van der Waals surface area contributed by atoms with E-state index in [1.165, 1.54) is 0 Å². The van der Waals surface area contributed by atoms with Crippen molar-refractivity contribution in [3.63, 3.8) is 0 Å². The number of amides is 1. The number of rotatable bonds is 3. The van der Waals surface area contributed by atoms with Gasteiger partial charge in [-0.3, -0.25) is 4.79 Å². The number of carbonyl (C=O) groups is 1. The van der Waals surface area contributed by atoms with E-state index >= 15 is 0 Å². The lowest BCUT2D eigenvalue weighted by Gasteiger charge is -2.16. The summed E-state index contributed by atoms with van der Waals surface area (Å²) in [5.74, 6) is 0.198. The lowest BCUT2D eigenvalue weighted by molar-refractivity contribution is -0.117. The minimum absolute atomic E-state index is 0.0788. The summed E-state index contributed by atoms with van der Waals surface area (Å²) >= 11 is 4.20. The van der Waals surface area contributed by atoms with Crippen LogP contribution in [0.15, 0.2) is 34.3 Å². The summed E-state index contributed by atoms with van der Waals surface area (Å²) in [6.45, 7) is 0.993. The largest absolute Gasteiger partial charge is 0.312 e. The van der Waals surface area contributed by atoms with Gasteiger partial charge in [-0.25, -0.2) is 0 Å². The molecule has 88 valence electrons. The van der Waals surface area contributed by atoms with E-state index in [0.717, 1.165) is 10.6 Å². The lowest BCUT2D eigenvalue weighted by Crippen LogP contribution is -2.24. The molecule has 6 heteroatoms. The maximum absolute atomic E-state index is 11.8. The summed E-state index contributed by atoms with van der Waals surface area (Å²) in [4.78, 5) is 17.1.